The number of aromatic nitrogens is 3. The van der Waals surface area contributed by atoms with Gasteiger partial charge >= 0.3 is 0 Å². The summed E-state index contributed by atoms with van der Waals surface area (Å²) in [6, 6.07) is 3.35. The van der Waals surface area contributed by atoms with Crippen LogP contribution in [0, 0.1) is 6.92 Å². The molecule has 2 rings (SSSR count). The lowest BCUT2D eigenvalue weighted by atomic mass is 10.2. The first-order chi connectivity index (χ1) is 7.68. The van der Waals surface area contributed by atoms with Gasteiger partial charge in [0.1, 0.15) is 0 Å². The number of pyridine rings is 1. The molecule has 82 valence electrons. The summed E-state index contributed by atoms with van der Waals surface area (Å²) in [5, 5.41) is 9.17. The Morgan fingerprint density at radius 3 is 2.94 bits per heavy atom. The molecular formula is C10H11N5O. The molecule has 0 unspecified atom stereocenters. The van der Waals surface area contributed by atoms with Crippen LogP contribution in [-0.4, -0.2) is 21.1 Å². The number of rotatable bonds is 2. The topological polar surface area (TPSA) is 96.7 Å². The monoisotopic (exact) mass is 217 g/mol. The summed E-state index contributed by atoms with van der Waals surface area (Å²) in [6.45, 7) is 1.78. The molecule has 2 aromatic rings. The minimum atomic E-state index is -0.286. The zero-order chi connectivity index (χ0) is 11.5. The smallest absolute Gasteiger partial charge is 0.258 e. The van der Waals surface area contributed by atoms with Crippen LogP contribution >= 0.6 is 0 Å². The van der Waals surface area contributed by atoms with Gasteiger partial charge in [0.15, 0.2) is 5.82 Å². The van der Waals surface area contributed by atoms with Crippen LogP contribution in [0.1, 0.15) is 16.1 Å². The number of hydrogen-bond donors (Lipinski definition) is 3. The van der Waals surface area contributed by atoms with Gasteiger partial charge in [0.05, 0.1) is 16.9 Å². The molecular weight excluding hydrogens is 206 g/mol. The molecule has 2 heterocycles. The Kier molecular flexibility index (Phi) is 2.55. The van der Waals surface area contributed by atoms with Crippen LogP contribution < -0.4 is 11.1 Å². The number of carbonyl (C=O) groups is 1. The van der Waals surface area contributed by atoms with Gasteiger partial charge < -0.3 is 11.1 Å². The highest BCUT2D eigenvalue weighted by Crippen LogP contribution is 2.18. The maximum atomic E-state index is 11.7. The predicted octanol–water partition coefficient (Wildman–Crippen LogP) is 0.948. The van der Waals surface area contributed by atoms with Crippen molar-refractivity contribution in [3.05, 3.63) is 35.8 Å². The van der Waals surface area contributed by atoms with Gasteiger partial charge in [0, 0.05) is 12.4 Å². The third-order valence-corrected chi connectivity index (χ3v) is 2.15. The van der Waals surface area contributed by atoms with Gasteiger partial charge in [0.25, 0.3) is 5.91 Å². The largest absolute Gasteiger partial charge is 0.394 e. The first kappa shape index (κ1) is 10.2. The van der Waals surface area contributed by atoms with Gasteiger partial charge in [-0.05, 0) is 19.1 Å². The van der Waals surface area contributed by atoms with Crippen molar-refractivity contribution in [2.75, 3.05) is 11.1 Å². The van der Waals surface area contributed by atoms with Gasteiger partial charge in [0.2, 0.25) is 0 Å². The van der Waals surface area contributed by atoms with Gasteiger partial charge in [-0.25, -0.2) is 0 Å². The molecule has 6 nitrogen and oxygen atoms in total. The van der Waals surface area contributed by atoms with Crippen molar-refractivity contribution in [3.63, 3.8) is 0 Å². The summed E-state index contributed by atoms with van der Waals surface area (Å²) < 4.78 is 0. The van der Waals surface area contributed by atoms with E-state index >= 15 is 0 Å². The number of anilines is 2. The minimum absolute atomic E-state index is 0.286. The second-order valence-electron chi connectivity index (χ2n) is 3.31. The molecule has 16 heavy (non-hydrogen) atoms. The van der Waals surface area contributed by atoms with Crippen LogP contribution in [-0.2, 0) is 0 Å². The van der Waals surface area contributed by atoms with Crippen LogP contribution in [0.4, 0.5) is 11.5 Å². The summed E-state index contributed by atoms with van der Waals surface area (Å²) in [5.74, 6) is 0.0534. The summed E-state index contributed by atoms with van der Waals surface area (Å²) in [4.78, 5) is 15.6. The fraction of sp³-hybridized carbons (Fsp3) is 0.100. The Hall–Kier alpha value is -2.37. The minimum Gasteiger partial charge on any atom is -0.394 e. The Morgan fingerprint density at radius 1 is 1.56 bits per heavy atom. The van der Waals surface area contributed by atoms with E-state index in [-0.39, 0.29) is 5.91 Å². The number of nitrogens with one attached hydrogen (secondary N) is 2. The number of aryl methyl sites for hydroxylation is 1. The second-order valence-corrected chi connectivity index (χ2v) is 3.31. The van der Waals surface area contributed by atoms with E-state index in [0.717, 1.165) is 5.69 Å². The molecule has 0 aliphatic heterocycles. The van der Waals surface area contributed by atoms with Crippen molar-refractivity contribution in [3.8, 4) is 0 Å². The van der Waals surface area contributed by atoms with E-state index in [1.165, 1.54) is 6.20 Å². The molecule has 0 saturated carbocycles. The Balaban J connectivity index is 2.17. The number of nitrogens with zero attached hydrogens (tertiary/aromatic N) is 2. The van der Waals surface area contributed by atoms with E-state index in [0.29, 0.717) is 17.1 Å². The first-order valence-corrected chi connectivity index (χ1v) is 4.70. The number of nitrogen functional groups attached to an aromatic ring is 1. The molecule has 2 aromatic heterocycles. The van der Waals surface area contributed by atoms with E-state index in [9.17, 15) is 4.79 Å². The number of hydrogen-bond acceptors (Lipinski definition) is 4. The summed E-state index contributed by atoms with van der Waals surface area (Å²) in [5.41, 5.74) is 7.33. The quantitative estimate of drug-likeness (QED) is 0.697. The fourth-order valence-electron chi connectivity index (χ4n) is 1.21. The first-order valence-electron chi connectivity index (χ1n) is 4.70. The van der Waals surface area contributed by atoms with Crippen molar-refractivity contribution in [1.29, 1.82) is 0 Å². The lowest BCUT2D eigenvalue weighted by molar-refractivity contribution is 0.102. The fourth-order valence-corrected chi connectivity index (χ4v) is 1.21. The molecule has 6 heteroatoms. The SMILES string of the molecule is Cc1[nH]nc(NC(=O)c2cccnc2)c1N. The normalized spacial score (nSPS) is 10.1. The lowest BCUT2D eigenvalue weighted by Gasteiger charge is -2.01. The summed E-state index contributed by atoms with van der Waals surface area (Å²) in [6.07, 6.45) is 3.08. The molecule has 0 aliphatic carbocycles. The van der Waals surface area contributed by atoms with Gasteiger partial charge in [-0.1, -0.05) is 0 Å². The standard InChI is InChI=1S/C10H11N5O/c1-6-8(11)9(15-14-6)13-10(16)7-3-2-4-12-5-7/h2-5H,11H2,1H3,(H2,13,14,15,16). The van der Waals surface area contributed by atoms with Crippen LogP contribution in [0.3, 0.4) is 0 Å². The summed E-state index contributed by atoms with van der Waals surface area (Å²) >= 11 is 0. The molecule has 4 N–H and O–H groups in total. The van der Waals surface area contributed by atoms with Gasteiger partial charge in [-0.2, -0.15) is 5.10 Å². The lowest BCUT2D eigenvalue weighted by Crippen LogP contribution is -2.13. The Labute approximate surface area is 91.9 Å². The number of aromatic amines is 1. The van der Waals surface area contributed by atoms with E-state index in [1.807, 2.05) is 0 Å². The third kappa shape index (κ3) is 1.85. The average Bonchev–Trinajstić information content (AvgIpc) is 2.62. The van der Waals surface area contributed by atoms with Crippen LogP contribution in [0.25, 0.3) is 0 Å². The molecule has 0 aromatic carbocycles. The zero-order valence-corrected chi connectivity index (χ0v) is 8.69. The number of H-pyrrole nitrogens is 1. The Morgan fingerprint density at radius 2 is 2.38 bits per heavy atom. The third-order valence-electron chi connectivity index (χ3n) is 2.15. The van der Waals surface area contributed by atoms with Crippen LogP contribution in [0.5, 0.6) is 0 Å². The second kappa shape index (κ2) is 4.01. The van der Waals surface area contributed by atoms with E-state index < -0.39 is 0 Å². The highest BCUT2D eigenvalue weighted by atomic mass is 16.1. The molecule has 0 radical (unpaired) electrons. The highest BCUT2D eigenvalue weighted by Gasteiger charge is 2.11. The van der Waals surface area contributed by atoms with Crippen molar-refractivity contribution >= 4 is 17.4 Å². The van der Waals surface area contributed by atoms with E-state index in [2.05, 4.69) is 20.5 Å². The van der Waals surface area contributed by atoms with Crippen LogP contribution in [0.15, 0.2) is 24.5 Å². The maximum absolute atomic E-state index is 11.7. The molecule has 0 atom stereocenters. The van der Waals surface area contributed by atoms with Crippen molar-refractivity contribution in [1.82, 2.24) is 15.2 Å². The van der Waals surface area contributed by atoms with Gasteiger partial charge in [-0.15, -0.1) is 0 Å². The maximum Gasteiger partial charge on any atom is 0.258 e. The molecule has 0 saturated heterocycles. The molecule has 1 amide bonds. The molecule has 0 fully saturated rings. The van der Waals surface area contributed by atoms with Crippen LogP contribution in [0.2, 0.25) is 0 Å². The molecule has 0 aliphatic rings. The highest BCUT2D eigenvalue weighted by molar-refractivity contribution is 6.04. The van der Waals surface area contributed by atoms with Crippen molar-refractivity contribution < 1.29 is 4.79 Å². The predicted molar refractivity (Wildman–Crippen MR) is 59.9 cm³/mol. The van der Waals surface area contributed by atoms with Gasteiger partial charge in [-0.3, -0.25) is 14.9 Å². The summed E-state index contributed by atoms with van der Waals surface area (Å²) in [7, 11) is 0. The number of carbonyl (C=O) groups excluding carboxylic acids is 1. The van der Waals surface area contributed by atoms with Crippen molar-refractivity contribution in [2.45, 2.75) is 6.92 Å². The number of amides is 1. The molecule has 0 spiro atoms. The van der Waals surface area contributed by atoms with Crippen molar-refractivity contribution in [2.24, 2.45) is 0 Å². The zero-order valence-electron chi connectivity index (χ0n) is 8.69. The average molecular weight is 217 g/mol. The van der Waals surface area contributed by atoms with E-state index in [4.69, 9.17) is 5.73 Å². The number of nitrogens with two attached hydrogens (primary N) is 1. The molecule has 0 bridgehead atoms. The van der Waals surface area contributed by atoms with E-state index in [1.54, 1.807) is 25.3 Å². The Bertz CT molecular complexity index is 505.